The molecule has 1 amide bonds. The Balaban J connectivity index is 1.57. The summed E-state index contributed by atoms with van der Waals surface area (Å²) in [5, 5.41) is 11.4. The molecule has 0 radical (unpaired) electrons. The highest BCUT2D eigenvalue weighted by molar-refractivity contribution is 6.04. The van der Waals surface area contributed by atoms with Crippen LogP contribution < -0.4 is 0 Å². The molecule has 1 heterocycles. The lowest BCUT2D eigenvalue weighted by Crippen LogP contribution is -2.60. The van der Waals surface area contributed by atoms with E-state index in [0.717, 1.165) is 10.8 Å². The first-order valence-electron chi connectivity index (χ1n) is 8.79. The number of nitrogens with zero attached hydrogens (tertiary/aromatic N) is 2. The van der Waals surface area contributed by atoms with Gasteiger partial charge in [-0.15, -0.1) is 0 Å². The Morgan fingerprint density at radius 2 is 1.81 bits per heavy atom. The van der Waals surface area contributed by atoms with Crippen LogP contribution in [-0.4, -0.2) is 29.7 Å². The van der Waals surface area contributed by atoms with Crippen LogP contribution in [0.5, 0.6) is 0 Å². The molecular weight excluding hydrogens is 324 g/mol. The molecule has 2 aromatic carbocycles. The first-order chi connectivity index (χ1) is 12.3. The second kappa shape index (κ2) is 5.54. The lowest BCUT2D eigenvalue weighted by Gasteiger charge is -2.53. The van der Waals surface area contributed by atoms with E-state index in [4.69, 9.17) is 0 Å². The van der Waals surface area contributed by atoms with Gasteiger partial charge in [0.25, 0.3) is 5.91 Å². The molecule has 0 N–H and O–H groups in total. The van der Waals surface area contributed by atoms with Crippen LogP contribution in [-0.2, 0) is 4.79 Å². The van der Waals surface area contributed by atoms with Gasteiger partial charge in [0, 0.05) is 29.5 Å². The largest absolute Gasteiger partial charge is 0.337 e. The number of carbonyl (C=O) groups is 2. The van der Waals surface area contributed by atoms with Gasteiger partial charge >= 0.3 is 0 Å². The molecule has 4 nitrogen and oxygen atoms in total. The van der Waals surface area contributed by atoms with Gasteiger partial charge in [-0.2, -0.15) is 5.26 Å². The molecule has 130 valence electrons. The van der Waals surface area contributed by atoms with E-state index in [1.165, 1.54) is 0 Å². The van der Waals surface area contributed by atoms with Crippen molar-refractivity contribution in [1.82, 2.24) is 4.90 Å². The number of hydrogen-bond donors (Lipinski definition) is 0. The third-order valence-electron chi connectivity index (χ3n) is 5.52. The smallest absolute Gasteiger partial charge is 0.253 e. The average molecular weight is 344 g/mol. The molecule has 1 aliphatic heterocycles. The summed E-state index contributed by atoms with van der Waals surface area (Å²) in [6.07, 6.45) is 2.47. The van der Waals surface area contributed by atoms with Gasteiger partial charge < -0.3 is 4.90 Å². The summed E-state index contributed by atoms with van der Waals surface area (Å²) >= 11 is 0. The Morgan fingerprint density at radius 1 is 1.12 bits per heavy atom. The van der Waals surface area contributed by atoms with E-state index in [-0.39, 0.29) is 22.7 Å². The second-order valence-corrected chi connectivity index (χ2v) is 8.15. The minimum absolute atomic E-state index is 0.00277. The topological polar surface area (TPSA) is 61.2 Å². The summed E-state index contributed by atoms with van der Waals surface area (Å²) in [6.45, 7) is 4.88. The number of ketones is 1. The number of fused-ring (bicyclic) bond motifs is 1. The number of carbonyl (C=O) groups excluding carboxylic acids is 2. The zero-order chi connectivity index (χ0) is 18.5. The van der Waals surface area contributed by atoms with E-state index >= 15 is 0 Å². The molecule has 0 atom stereocenters. The number of likely N-dealkylation sites (tertiary alicyclic amines) is 1. The second-order valence-electron chi connectivity index (χ2n) is 8.15. The quantitative estimate of drug-likeness (QED) is 0.792. The summed E-state index contributed by atoms with van der Waals surface area (Å²) in [4.78, 5) is 26.9. The Hall–Kier alpha value is -2.93. The van der Waals surface area contributed by atoms with Crippen LogP contribution in [0, 0.1) is 22.2 Å². The van der Waals surface area contributed by atoms with Crippen LogP contribution in [0.25, 0.3) is 10.8 Å². The van der Waals surface area contributed by atoms with Crippen LogP contribution in [0.2, 0.25) is 0 Å². The highest BCUT2D eigenvalue weighted by Crippen LogP contribution is 2.48. The number of amides is 1. The zero-order valence-electron chi connectivity index (χ0n) is 15.0. The van der Waals surface area contributed by atoms with Gasteiger partial charge in [-0.3, -0.25) is 9.59 Å². The number of nitriles is 1. The highest BCUT2D eigenvalue weighted by atomic mass is 16.2. The number of hydrogen-bond acceptors (Lipinski definition) is 3. The van der Waals surface area contributed by atoms with E-state index < -0.39 is 5.41 Å². The fourth-order valence-corrected chi connectivity index (χ4v) is 4.40. The summed E-state index contributed by atoms with van der Waals surface area (Å²) in [5.41, 5.74) is 0.0978. The zero-order valence-corrected chi connectivity index (χ0v) is 15.0. The van der Waals surface area contributed by atoms with E-state index in [2.05, 4.69) is 0 Å². The van der Waals surface area contributed by atoms with Crippen molar-refractivity contribution in [2.24, 2.45) is 10.8 Å². The molecule has 4 heteroatoms. The van der Waals surface area contributed by atoms with Gasteiger partial charge in [0.1, 0.15) is 6.07 Å². The molecule has 1 aliphatic carbocycles. The number of allylic oxidation sites excluding steroid dienone is 1. The van der Waals surface area contributed by atoms with Crippen molar-refractivity contribution in [2.75, 3.05) is 13.1 Å². The van der Waals surface area contributed by atoms with Crippen LogP contribution in [0.15, 0.2) is 54.1 Å². The van der Waals surface area contributed by atoms with Gasteiger partial charge in [0.15, 0.2) is 5.78 Å². The molecule has 0 aromatic heterocycles. The van der Waals surface area contributed by atoms with Crippen molar-refractivity contribution < 1.29 is 9.59 Å². The van der Waals surface area contributed by atoms with Gasteiger partial charge in [-0.05, 0) is 29.3 Å². The molecule has 1 spiro atoms. The molecular formula is C22H20N2O2. The minimum atomic E-state index is -0.558. The first-order valence-corrected chi connectivity index (χ1v) is 8.79. The summed E-state index contributed by atoms with van der Waals surface area (Å²) in [7, 11) is 0. The normalized spacial score (nSPS) is 20.4. The molecule has 2 aliphatic rings. The molecule has 0 saturated carbocycles. The van der Waals surface area contributed by atoms with Crippen LogP contribution >= 0.6 is 0 Å². The van der Waals surface area contributed by atoms with Crippen LogP contribution in [0.1, 0.15) is 30.6 Å². The molecule has 4 rings (SSSR count). The summed E-state index contributed by atoms with van der Waals surface area (Å²) in [6, 6.07) is 15.8. The van der Waals surface area contributed by atoms with E-state index in [0.29, 0.717) is 25.1 Å². The minimum Gasteiger partial charge on any atom is -0.337 e. The first kappa shape index (κ1) is 16.5. The predicted molar refractivity (Wildman–Crippen MR) is 99.4 cm³/mol. The predicted octanol–water partition coefficient (Wildman–Crippen LogP) is 3.73. The Bertz CT molecular complexity index is 1000. The SMILES string of the molecule is CC1(C)CC2(C=C(C#N)C1=O)CN(C(=O)c1ccc3ccccc3c1)C2. The third-order valence-corrected chi connectivity index (χ3v) is 5.52. The molecule has 2 aromatic rings. The number of Topliss-reactive ketones (excluding diaryl/α,β-unsaturated/α-hetero) is 1. The van der Waals surface area contributed by atoms with Crippen molar-refractivity contribution in [1.29, 1.82) is 5.26 Å². The monoisotopic (exact) mass is 344 g/mol. The average Bonchev–Trinajstić information content (AvgIpc) is 2.61. The molecule has 1 fully saturated rings. The summed E-state index contributed by atoms with van der Waals surface area (Å²) < 4.78 is 0. The Labute approximate surface area is 152 Å². The van der Waals surface area contributed by atoms with Crippen molar-refractivity contribution in [2.45, 2.75) is 20.3 Å². The lowest BCUT2D eigenvalue weighted by atomic mass is 9.61. The highest BCUT2D eigenvalue weighted by Gasteiger charge is 2.52. The van der Waals surface area contributed by atoms with Crippen molar-refractivity contribution in [3.8, 4) is 6.07 Å². The van der Waals surface area contributed by atoms with Crippen LogP contribution in [0.4, 0.5) is 0 Å². The third kappa shape index (κ3) is 2.52. The number of benzene rings is 2. The fraction of sp³-hybridized carbons (Fsp3) is 0.318. The van der Waals surface area contributed by atoms with Gasteiger partial charge in [0.2, 0.25) is 0 Å². The maximum Gasteiger partial charge on any atom is 0.253 e. The van der Waals surface area contributed by atoms with Crippen molar-refractivity contribution >= 4 is 22.5 Å². The Morgan fingerprint density at radius 3 is 2.50 bits per heavy atom. The molecule has 26 heavy (non-hydrogen) atoms. The molecule has 0 unspecified atom stereocenters. The van der Waals surface area contributed by atoms with Gasteiger partial charge in [-0.25, -0.2) is 0 Å². The van der Waals surface area contributed by atoms with Crippen molar-refractivity contribution in [3.05, 3.63) is 59.7 Å². The maximum absolute atomic E-state index is 12.8. The van der Waals surface area contributed by atoms with E-state index in [9.17, 15) is 14.9 Å². The number of rotatable bonds is 1. The van der Waals surface area contributed by atoms with E-state index in [1.807, 2.05) is 67.3 Å². The summed E-state index contributed by atoms with van der Waals surface area (Å²) in [5.74, 6) is -0.0899. The van der Waals surface area contributed by atoms with Crippen LogP contribution in [0.3, 0.4) is 0 Å². The van der Waals surface area contributed by atoms with Gasteiger partial charge in [0.05, 0.1) is 5.57 Å². The van der Waals surface area contributed by atoms with E-state index in [1.54, 1.807) is 6.08 Å². The molecule has 0 bridgehead atoms. The van der Waals surface area contributed by atoms with Gasteiger partial charge in [-0.1, -0.05) is 50.3 Å². The molecule has 1 saturated heterocycles. The fourth-order valence-electron chi connectivity index (χ4n) is 4.40. The lowest BCUT2D eigenvalue weighted by molar-refractivity contribution is -0.127. The van der Waals surface area contributed by atoms with Crippen molar-refractivity contribution in [3.63, 3.8) is 0 Å². The Kier molecular flexibility index (Phi) is 3.52. The standard InChI is InChI=1S/C22H20N2O2/c1-21(2)12-22(10-18(11-23)19(21)25)13-24(14-22)20(26)17-8-7-15-5-3-4-6-16(15)9-17/h3-10H,12-14H2,1-2H3. The maximum atomic E-state index is 12.8.